The van der Waals surface area contributed by atoms with Crippen LogP contribution in [-0.2, 0) is 4.79 Å². The van der Waals surface area contributed by atoms with Gasteiger partial charge in [-0.2, -0.15) is 0 Å². The molecular formula is C15H17N5OS. The maximum absolute atomic E-state index is 12.7. The normalized spacial score (nSPS) is 22.6. The minimum absolute atomic E-state index is 0.0634. The zero-order valence-electron chi connectivity index (χ0n) is 12.1. The van der Waals surface area contributed by atoms with Crippen molar-refractivity contribution in [3.8, 4) is 10.6 Å². The second kappa shape index (κ2) is 5.75. The van der Waals surface area contributed by atoms with Crippen LogP contribution in [-0.4, -0.2) is 59.8 Å². The highest BCUT2D eigenvalue weighted by molar-refractivity contribution is 7.18. The molecule has 2 aliphatic heterocycles. The zero-order valence-corrected chi connectivity index (χ0v) is 12.9. The van der Waals surface area contributed by atoms with E-state index in [0.29, 0.717) is 11.7 Å². The van der Waals surface area contributed by atoms with E-state index in [1.807, 2.05) is 30.3 Å². The SMILES string of the molecule is O=C1[C@H]2CNCCN2CCN1c1nnc(-c2ccccc2)s1. The molecule has 0 spiro atoms. The van der Waals surface area contributed by atoms with Crippen molar-refractivity contribution in [2.75, 3.05) is 37.6 Å². The second-order valence-electron chi connectivity index (χ2n) is 5.50. The predicted octanol–water partition coefficient (Wildman–Crippen LogP) is 0.826. The van der Waals surface area contributed by atoms with Gasteiger partial charge in [0.2, 0.25) is 11.0 Å². The molecule has 3 heterocycles. The number of aromatic nitrogens is 2. The molecule has 2 aliphatic rings. The number of piperazine rings is 2. The first-order chi connectivity index (χ1) is 10.8. The Morgan fingerprint density at radius 2 is 2.00 bits per heavy atom. The summed E-state index contributed by atoms with van der Waals surface area (Å²) < 4.78 is 0. The Bertz CT molecular complexity index is 674. The molecule has 4 rings (SSSR count). The molecule has 0 bridgehead atoms. The van der Waals surface area contributed by atoms with E-state index < -0.39 is 0 Å². The fraction of sp³-hybridized carbons (Fsp3) is 0.400. The van der Waals surface area contributed by atoms with E-state index in [1.54, 1.807) is 4.90 Å². The number of fused-ring (bicyclic) bond motifs is 1. The van der Waals surface area contributed by atoms with Gasteiger partial charge in [0.05, 0.1) is 0 Å². The van der Waals surface area contributed by atoms with E-state index in [4.69, 9.17) is 0 Å². The van der Waals surface area contributed by atoms with Crippen LogP contribution in [0.15, 0.2) is 30.3 Å². The lowest BCUT2D eigenvalue weighted by molar-refractivity contribution is -0.126. The van der Waals surface area contributed by atoms with Gasteiger partial charge in [-0.15, -0.1) is 10.2 Å². The second-order valence-corrected chi connectivity index (χ2v) is 6.46. The first-order valence-electron chi connectivity index (χ1n) is 7.48. The van der Waals surface area contributed by atoms with Crippen LogP contribution in [0.2, 0.25) is 0 Å². The van der Waals surface area contributed by atoms with Crippen LogP contribution in [0.1, 0.15) is 0 Å². The first-order valence-corrected chi connectivity index (χ1v) is 8.29. The standard InChI is InChI=1S/C15H17N5OS/c21-14-12-10-16-6-7-19(12)8-9-20(14)15-18-17-13(22-15)11-4-2-1-3-5-11/h1-5,12,16H,6-10H2/t12-/m1/s1. The van der Waals surface area contributed by atoms with Crippen molar-refractivity contribution in [2.45, 2.75) is 6.04 Å². The molecule has 114 valence electrons. The van der Waals surface area contributed by atoms with Crippen LogP contribution in [0.4, 0.5) is 5.13 Å². The number of nitrogens with zero attached hydrogens (tertiary/aromatic N) is 4. The molecule has 2 fully saturated rings. The van der Waals surface area contributed by atoms with E-state index in [9.17, 15) is 4.79 Å². The number of carbonyl (C=O) groups is 1. The maximum atomic E-state index is 12.7. The number of hydrogen-bond acceptors (Lipinski definition) is 6. The van der Waals surface area contributed by atoms with Crippen molar-refractivity contribution in [3.63, 3.8) is 0 Å². The molecule has 0 unspecified atom stereocenters. The van der Waals surface area contributed by atoms with Gasteiger partial charge in [-0.3, -0.25) is 14.6 Å². The number of carbonyl (C=O) groups excluding carboxylic acids is 1. The molecule has 0 aliphatic carbocycles. The van der Waals surface area contributed by atoms with Gasteiger partial charge in [-0.25, -0.2) is 0 Å². The molecule has 2 aromatic rings. The van der Waals surface area contributed by atoms with Gasteiger partial charge in [0.15, 0.2) is 0 Å². The summed E-state index contributed by atoms with van der Waals surface area (Å²) in [5.74, 6) is 0.134. The van der Waals surface area contributed by atoms with Crippen molar-refractivity contribution in [3.05, 3.63) is 30.3 Å². The van der Waals surface area contributed by atoms with Crippen LogP contribution >= 0.6 is 11.3 Å². The van der Waals surface area contributed by atoms with Crippen LogP contribution in [0.3, 0.4) is 0 Å². The van der Waals surface area contributed by atoms with Gasteiger partial charge in [0.1, 0.15) is 11.0 Å². The average molecular weight is 315 g/mol. The molecule has 1 aromatic carbocycles. The van der Waals surface area contributed by atoms with Crippen molar-refractivity contribution in [1.82, 2.24) is 20.4 Å². The number of hydrogen-bond donors (Lipinski definition) is 1. The van der Waals surface area contributed by atoms with Crippen LogP contribution in [0, 0.1) is 0 Å². The summed E-state index contributed by atoms with van der Waals surface area (Å²) in [7, 11) is 0. The van der Waals surface area contributed by atoms with E-state index in [2.05, 4.69) is 20.4 Å². The zero-order chi connectivity index (χ0) is 14.9. The Hall–Kier alpha value is -1.83. The van der Waals surface area contributed by atoms with Gasteiger partial charge in [0.25, 0.3) is 0 Å². The van der Waals surface area contributed by atoms with E-state index in [1.165, 1.54) is 11.3 Å². The van der Waals surface area contributed by atoms with E-state index in [-0.39, 0.29) is 11.9 Å². The highest BCUT2D eigenvalue weighted by Gasteiger charge is 2.37. The van der Waals surface area contributed by atoms with Crippen LogP contribution in [0.5, 0.6) is 0 Å². The number of rotatable bonds is 2. The molecule has 1 N–H and O–H groups in total. The Labute approximate surface area is 132 Å². The Morgan fingerprint density at radius 3 is 2.86 bits per heavy atom. The molecular weight excluding hydrogens is 298 g/mol. The van der Waals surface area contributed by atoms with E-state index in [0.717, 1.165) is 36.8 Å². The largest absolute Gasteiger partial charge is 0.313 e. The molecule has 1 amide bonds. The van der Waals surface area contributed by atoms with Crippen LogP contribution in [0.25, 0.3) is 10.6 Å². The maximum Gasteiger partial charge on any atom is 0.247 e. The molecule has 6 nitrogen and oxygen atoms in total. The van der Waals surface area contributed by atoms with Gasteiger partial charge < -0.3 is 5.32 Å². The molecule has 2 saturated heterocycles. The van der Waals surface area contributed by atoms with Gasteiger partial charge in [0, 0.05) is 38.3 Å². The number of anilines is 1. The van der Waals surface area contributed by atoms with Gasteiger partial charge >= 0.3 is 0 Å². The lowest BCUT2D eigenvalue weighted by atomic mass is 10.1. The summed E-state index contributed by atoms with van der Waals surface area (Å²) >= 11 is 1.48. The molecule has 22 heavy (non-hydrogen) atoms. The Balaban J connectivity index is 1.57. The Morgan fingerprint density at radius 1 is 1.14 bits per heavy atom. The summed E-state index contributed by atoms with van der Waals surface area (Å²) in [5.41, 5.74) is 1.04. The topological polar surface area (TPSA) is 61.4 Å². The number of amides is 1. The van der Waals surface area contributed by atoms with Gasteiger partial charge in [-0.05, 0) is 0 Å². The minimum Gasteiger partial charge on any atom is -0.313 e. The smallest absolute Gasteiger partial charge is 0.247 e. The highest BCUT2D eigenvalue weighted by Crippen LogP contribution is 2.30. The molecule has 1 atom stereocenters. The molecule has 0 radical (unpaired) electrons. The van der Waals surface area contributed by atoms with Crippen LogP contribution < -0.4 is 10.2 Å². The lowest BCUT2D eigenvalue weighted by Crippen LogP contribution is -2.64. The first kappa shape index (κ1) is 13.8. The fourth-order valence-electron chi connectivity index (χ4n) is 2.99. The third-order valence-corrected chi connectivity index (χ3v) is 5.18. The van der Waals surface area contributed by atoms with Crippen molar-refractivity contribution >= 4 is 22.4 Å². The number of nitrogens with one attached hydrogen (secondary N) is 1. The molecule has 1 aromatic heterocycles. The minimum atomic E-state index is -0.0634. The summed E-state index contributed by atoms with van der Waals surface area (Å²) in [4.78, 5) is 16.7. The predicted molar refractivity (Wildman–Crippen MR) is 85.9 cm³/mol. The lowest BCUT2D eigenvalue weighted by Gasteiger charge is -2.42. The molecule has 0 saturated carbocycles. The highest BCUT2D eigenvalue weighted by atomic mass is 32.1. The quantitative estimate of drug-likeness (QED) is 0.889. The third kappa shape index (κ3) is 2.41. The average Bonchev–Trinajstić information content (AvgIpc) is 3.06. The van der Waals surface area contributed by atoms with Crippen molar-refractivity contribution in [2.24, 2.45) is 0 Å². The van der Waals surface area contributed by atoms with Crippen molar-refractivity contribution < 1.29 is 4.79 Å². The fourth-order valence-corrected chi connectivity index (χ4v) is 3.87. The summed E-state index contributed by atoms with van der Waals surface area (Å²) in [6.07, 6.45) is 0. The molecule has 7 heteroatoms. The Kier molecular flexibility index (Phi) is 3.61. The van der Waals surface area contributed by atoms with Crippen molar-refractivity contribution in [1.29, 1.82) is 0 Å². The summed E-state index contributed by atoms with van der Waals surface area (Å²) in [6.45, 7) is 4.22. The summed E-state index contributed by atoms with van der Waals surface area (Å²) in [5, 5.41) is 13.3. The van der Waals surface area contributed by atoms with E-state index >= 15 is 0 Å². The third-order valence-electron chi connectivity index (χ3n) is 4.18. The monoisotopic (exact) mass is 315 g/mol. The number of benzene rings is 1. The van der Waals surface area contributed by atoms with Gasteiger partial charge in [-0.1, -0.05) is 41.7 Å². The summed E-state index contributed by atoms with van der Waals surface area (Å²) in [6, 6.07) is 9.89.